The molecule has 0 saturated heterocycles. The average molecular weight is 411 g/mol. The van der Waals surface area contributed by atoms with Gasteiger partial charge in [0.15, 0.2) is 34.6 Å². The van der Waals surface area contributed by atoms with Gasteiger partial charge in [0.05, 0.1) is 28.4 Å². The van der Waals surface area contributed by atoms with Crippen LogP contribution in [0.15, 0.2) is 48.6 Å². The minimum atomic E-state index is -1.29. The van der Waals surface area contributed by atoms with Gasteiger partial charge in [-0.2, -0.15) is 0 Å². The van der Waals surface area contributed by atoms with Crippen LogP contribution < -0.4 is 24.7 Å². The van der Waals surface area contributed by atoms with Crippen LogP contribution in [0.1, 0.15) is 11.1 Å². The van der Waals surface area contributed by atoms with Gasteiger partial charge in [-0.3, -0.25) is 9.59 Å². The summed E-state index contributed by atoms with van der Waals surface area (Å²) in [4.78, 5) is 24.5. The predicted octanol–water partition coefficient (Wildman–Crippen LogP) is 2.91. The van der Waals surface area contributed by atoms with E-state index in [1.807, 2.05) is 0 Å². The number of carbonyl (C=O) groups is 2. The smallest absolute Gasteiger partial charge is 0.180 e. The van der Waals surface area contributed by atoms with Crippen molar-refractivity contribution in [3.8, 4) is 23.0 Å². The molecule has 2 rings (SSSR count). The largest absolute Gasteiger partial charge is 0.493 e. The molecular formula is C23H25NO6. The number of rotatable bonds is 10. The maximum atomic E-state index is 12.3. The van der Waals surface area contributed by atoms with Gasteiger partial charge < -0.3 is 24.7 Å². The number of methoxy groups -OCH3 is 4. The van der Waals surface area contributed by atoms with Crippen molar-refractivity contribution >= 4 is 23.7 Å². The van der Waals surface area contributed by atoms with Crippen molar-refractivity contribution in [3.05, 3.63) is 59.7 Å². The van der Waals surface area contributed by atoms with Crippen molar-refractivity contribution in [2.45, 2.75) is 6.04 Å². The standard InChI is InChI=1S/C23H25NO6/c1-27-19-11-7-15(13-21(19)29-3)5-9-17(25)23(24)18(26)10-6-16-8-12-20(28-2)22(14-16)30-4/h5-14,23H,24H2,1-4H3. The van der Waals surface area contributed by atoms with Crippen LogP contribution in [0.5, 0.6) is 23.0 Å². The van der Waals surface area contributed by atoms with Crippen LogP contribution in [0.2, 0.25) is 0 Å². The molecule has 7 heteroatoms. The summed E-state index contributed by atoms with van der Waals surface area (Å²) in [7, 11) is 6.12. The Hall–Kier alpha value is -3.58. The lowest BCUT2D eigenvalue weighted by molar-refractivity contribution is -0.123. The van der Waals surface area contributed by atoms with Crippen LogP contribution in [0, 0.1) is 0 Å². The first-order valence-electron chi connectivity index (χ1n) is 9.07. The van der Waals surface area contributed by atoms with E-state index < -0.39 is 17.6 Å². The highest BCUT2D eigenvalue weighted by Crippen LogP contribution is 2.28. The second-order valence-corrected chi connectivity index (χ2v) is 6.18. The van der Waals surface area contributed by atoms with E-state index in [1.54, 1.807) is 48.6 Å². The molecule has 0 fully saturated rings. The molecule has 0 aliphatic carbocycles. The topological polar surface area (TPSA) is 97.1 Å². The van der Waals surface area contributed by atoms with Crippen molar-refractivity contribution in [2.24, 2.45) is 5.73 Å². The molecule has 0 bridgehead atoms. The van der Waals surface area contributed by atoms with Gasteiger partial charge in [0, 0.05) is 0 Å². The molecule has 0 heterocycles. The molecular weight excluding hydrogens is 386 g/mol. The van der Waals surface area contributed by atoms with Crippen LogP contribution in [0.4, 0.5) is 0 Å². The second-order valence-electron chi connectivity index (χ2n) is 6.18. The highest BCUT2D eigenvalue weighted by Gasteiger charge is 2.17. The molecule has 0 spiro atoms. The van der Waals surface area contributed by atoms with E-state index in [2.05, 4.69) is 0 Å². The van der Waals surface area contributed by atoms with Crippen molar-refractivity contribution in [1.82, 2.24) is 0 Å². The summed E-state index contributed by atoms with van der Waals surface area (Å²) < 4.78 is 20.8. The molecule has 7 nitrogen and oxygen atoms in total. The Morgan fingerprint density at radius 2 is 1.07 bits per heavy atom. The third kappa shape index (κ3) is 5.71. The van der Waals surface area contributed by atoms with Gasteiger partial charge in [0.2, 0.25) is 0 Å². The fourth-order valence-corrected chi connectivity index (χ4v) is 2.62. The molecule has 0 aromatic heterocycles. The first-order valence-corrected chi connectivity index (χ1v) is 9.07. The third-order valence-electron chi connectivity index (χ3n) is 4.31. The summed E-state index contributed by atoms with van der Waals surface area (Å²) in [6.45, 7) is 0. The van der Waals surface area contributed by atoms with Gasteiger partial charge in [0.1, 0.15) is 6.04 Å². The molecule has 0 saturated carbocycles. The lowest BCUT2D eigenvalue weighted by atomic mass is 10.1. The molecule has 0 aliphatic heterocycles. The normalized spacial score (nSPS) is 12.0. The Morgan fingerprint density at radius 3 is 1.40 bits per heavy atom. The zero-order valence-corrected chi connectivity index (χ0v) is 17.4. The predicted molar refractivity (Wildman–Crippen MR) is 115 cm³/mol. The van der Waals surface area contributed by atoms with Gasteiger partial charge in [-0.05, 0) is 47.5 Å². The molecule has 0 aliphatic rings. The summed E-state index contributed by atoms with van der Waals surface area (Å²) >= 11 is 0. The minimum absolute atomic E-state index is 0.508. The van der Waals surface area contributed by atoms with Crippen molar-refractivity contribution in [3.63, 3.8) is 0 Å². The molecule has 0 radical (unpaired) electrons. The van der Waals surface area contributed by atoms with E-state index in [1.165, 1.54) is 40.6 Å². The molecule has 2 N–H and O–H groups in total. The van der Waals surface area contributed by atoms with E-state index in [0.717, 1.165) is 0 Å². The Morgan fingerprint density at radius 1 is 0.700 bits per heavy atom. The quantitative estimate of drug-likeness (QED) is 0.474. The number of carbonyl (C=O) groups excluding carboxylic acids is 2. The molecule has 0 atom stereocenters. The molecule has 0 amide bonds. The maximum absolute atomic E-state index is 12.3. The van der Waals surface area contributed by atoms with E-state index in [0.29, 0.717) is 34.1 Å². The van der Waals surface area contributed by atoms with Crippen molar-refractivity contribution in [1.29, 1.82) is 0 Å². The number of benzene rings is 2. The molecule has 0 unspecified atom stereocenters. The van der Waals surface area contributed by atoms with Crippen LogP contribution in [-0.2, 0) is 9.59 Å². The zero-order chi connectivity index (χ0) is 22.1. The van der Waals surface area contributed by atoms with Gasteiger partial charge in [0.25, 0.3) is 0 Å². The van der Waals surface area contributed by atoms with Crippen LogP contribution in [0.25, 0.3) is 12.2 Å². The highest BCUT2D eigenvalue weighted by molar-refractivity contribution is 6.16. The summed E-state index contributed by atoms with van der Waals surface area (Å²) in [6, 6.07) is 9.10. The number of ketones is 2. The zero-order valence-electron chi connectivity index (χ0n) is 17.4. The Kier molecular flexibility index (Phi) is 8.19. The van der Waals surface area contributed by atoms with Gasteiger partial charge >= 0.3 is 0 Å². The maximum Gasteiger partial charge on any atom is 0.180 e. The average Bonchev–Trinajstić information content (AvgIpc) is 2.79. The first kappa shape index (κ1) is 22.7. The van der Waals surface area contributed by atoms with E-state index >= 15 is 0 Å². The second kappa shape index (κ2) is 10.8. The van der Waals surface area contributed by atoms with Crippen molar-refractivity contribution in [2.75, 3.05) is 28.4 Å². The van der Waals surface area contributed by atoms with Gasteiger partial charge in [-0.25, -0.2) is 0 Å². The Labute approximate surface area is 175 Å². The number of nitrogens with two attached hydrogens (primary N) is 1. The third-order valence-corrected chi connectivity index (χ3v) is 4.31. The summed E-state index contributed by atoms with van der Waals surface area (Å²) in [5.41, 5.74) is 7.22. The summed E-state index contributed by atoms with van der Waals surface area (Å²) in [5, 5.41) is 0. The van der Waals surface area contributed by atoms with Crippen LogP contribution in [0.3, 0.4) is 0 Å². The van der Waals surface area contributed by atoms with E-state index in [4.69, 9.17) is 24.7 Å². The van der Waals surface area contributed by atoms with Gasteiger partial charge in [-0.1, -0.05) is 24.3 Å². The fraction of sp³-hybridized carbons (Fsp3) is 0.217. The Bertz CT molecular complexity index is 887. The van der Waals surface area contributed by atoms with Crippen LogP contribution in [-0.4, -0.2) is 46.0 Å². The SMILES string of the molecule is COc1ccc(C=CC(=O)C(N)C(=O)C=Cc2ccc(OC)c(OC)c2)cc1OC. The highest BCUT2D eigenvalue weighted by atomic mass is 16.5. The molecule has 158 valence electrons. The van der Waals surface area contributed by atoms with Gasteiger partial charge in [-0.15, -0.1) is 0 Å². The summed E-state index contributed by atoms with van der Waals surface area (Å²) in [5.74, 6) is 1.20. The first-order chi connectivity index (χ1) is 14.4. The lowest BCUT2D eigenvalue weighted by Gasteiger charge is -2.08. The number of ether oxygens (including phenoxy) is 4. The molecule has 2 aromatic carbocycles. The number of hydrogen-bond acceptors (Lipinski definition) is 7. The van der Waals surface area contributed by atoms with Crippen LogP contribution >= 0.6 is 0 Å². The lowest BCUT2D eigenvalue weighted by Crippen LogP contribution is -2.36. The number of hydrogen-bond donors (Lipinski definition) is 1. The van der Waals surface area contributed by atoms with E-state index in [-0.39, 0.29) is 0 Å². The minimum Gasteiger partial charge on any atom is -0.493 e. The van der Waals surface area contributed by atoms with Crippen molar-refractivity contribution < 1.29 is 28.5 Å². The molecule has 30 heavy (non-hydrogen) atoms. The monoisotopic (exact) mass is 411 g/mol. The van der Waals surface area contributed by atoms with E-state index in [9.17, 15) is 9.59 Å². The molecule has 2 aromatic rings. The summed E-state index contributed by atoms with van der Waals surface area (Å²) in [6.07, 6.45) is 5.67. The fourth-order valence-electron chi connectivity index (χ4n) is 2.62. The Balaban J connectivity index is 2.06.